The molecule has 1 aromatic heterocycles. The molecule has 1 aliphatic heterocycles. The van der Waals surface area contributed by atoms with Gasteiger partial charge in [-0.05, 0) is 36.5 Å². The Labute approximate surface area is 123 Å². The van der Waals surface area contributed by atoms with Crippen LogP contribution < -0.4 is 5.32 Å². The maximum atomic E-state index is 4.09. The van der Waals surface area contributed by atoms with Crippen molar-refractivity contribution in [1.82, 2.24) is 15.2 Å². The van der Waals surface area contributed by atoms with Crippen molar-refractivity contribution in [3.63, 3.8) is 0 Å². The first-order valence-corrected chi connectivity index (χ1v) is 8.10. The Hall–Kier alpha value is -0.930. The Kier molecular flexibility index (Phi) is 5.99. The van der Waals surface area contributed by atoms with E-state index in [0.717, 1.165) is 25.4 Å². The van der Waals surface area contributed by atoms with Gasteiger partial charge in [-0.15, -0.1) is 0 Å². The molecule has 3 atom stereocenters. The predicted octanol–water partition coefficient (Wildman–Crippen LogP) is 2.72. The Bertz CT molecular complexity index is 379. The molecule has 0 bridgehead atoms. The number of nitrogens with one attached hydrogen (secondary N) is 1. The average molecular weight is 275 g/mol. The molecule has 112 valence electrons. The lowest BCUT2D eigenvalue weighted by atomic mass is 9.94. The molecule has 1 fully saturated rings. The number of nitrogens with zero attached hydrogens (tertiary/aromatic N) is 2. The Morgan fingerprint density at radius 1 is 1.35 bits per heavy atom. The van der Waals surface area contributed by atoms with Gasteiger partial charge in [0.25, 0.3) is 0 Å². The minimum absolute atomic E-state index is 0.653. The van der Waals surface area contributed by atoms with Gasteiger partial charge in [-0.2, -0.15) is 0 Å². The van der Waals surface area contributed by atoms with E-state index in [0.29, 0.717) is 12.1 Å². The van der Waals surface area contributed by atoms with E-state index in [9.17, 15) is 0 Å². The molecule has 20 heavy (non-hydrogen) atoms. The van der Waals surface area contributed by atoms with E-state index < -0.39 is 0 Å². The third-order valence-electron chi connectivity index (χ3n) is 4.80. The number of rotatable bonds is 6. The molecule has 1 saturated heterocycles. The van der Waals surface area contributed by atoms with Crippen molar-refractivity contribution in [2.45, 2.75) is 52.1 Å². The fourth-order valence-corrected chi connectivity index (χ4v) is 3.05. The number of hydrogen-bond acceptors (Lipinski definition) is 3. The molecular weight excluding hydrogens is 246 g/mol. The molecule has 2 heterocycles. The van der Waals surface area contributed by atoms with Gasteiger partial charge in [-0.3, -0.25) is 9.88 Å². The first-order valence-electron chi connectivity index (χ1n) is 8.10. The third-order valence-corrected chi connectivity index (χ3v) is 4.80. The summed E-state index contributed by atoms with van der Waals surface area (Å²) in [5, 5.41) is 3.75. The van der Waals surface area contributed by atoms with Crippen LogP contribution in [0, 0.1) is 5.92 Å². The van der Waals surface area contributed by atoms with Crippen LogP contribution in [0.15, 0.2) is 24.5 Å². The van der Waals surface area contributed by atoms with Crippen molar-refractivity contribution in [3.8, 4) is 0 Å². The minimum Gasteiger partial charge on any atom is -0.311 e. The molecule has 0 aromatic carbocycles. The highest BCUT2D eigenvalue weighted by Crippen LogP contribution is 2.17. The number of hydrogen-bond donors (Lipinski definition) is 1. The van der Waals surface area contributed by atoms with Gasteiger partial charge in [0.05, 0.1) is 0 Å². The Balaban J connectivity index is 1.91. The zero-order valence-electron chi connectivity index (χ0n) is 13.2. The molecule has 1 aromatic rings. The standard InChI is InChI=1S/C17H29N3/c1-4-14(3)17-13-20(16(5-2)12-19-17)11-8-15-6-9-18-10-7-15/h6-7,9-10,14,16-17,19H,4-5,8,11-13H2,1-3H3. The van der Waals surface area contributed by atoms with Crippen LogP contribution in [-0.2, 0) is 6.42 Å². The van der Waals surface area contributed by atoms with Gasteiger partial charge in [0, 0.05) is 44.1 Å². The molecule has 0 radical (unpaired) electrons. The smallest absolute Gasteiger partial charge is 0.0270 e. The monoisotopic (exact) mass is 275 g/mol. The van der Waals surface area contributed by atoms with Gasteiger partial charge in [-0.25, -0.2) is 0 Å². The van der Waals surface area contributed by atoms with Crippen LogP contribution >= 0.6 is 0 Å². The van der Waals surface area contributed by atoms with Crippen molar-refractivity contribution >= 4 is 0 Å². The summed E-state index contributed by atoms with van der Waals surface area (Å²) in [6.45, 7) is 10.5. The van der Waals surface area contributed by atoms with Crippen LogP contribution in [0.2, 0.25) is 0 Å². The number of piperazine rings is 1. The lowest BCUT2D eigenvalue weighted by Gasteiger charge is -2.42. The quantitative estimate of drug-likeness (QED) is 0.865. The van der Waals surface area contributed by atoms with E-state index in [1.807, 2.05) is 12.4 Å². The normalized spacial score (nSPS) is 25.6. The predicted molar refractivity (Wildman–Crippen MR) is 84.8 cm³/mol. The highest BCUT2D eigenvalue weighted by molar-refractivity contribution is 5.10. The van der Waals surface area contributed by atoms with Crippen molar-refractivity contribution < 1.29 is 0 Å². The average Bonchev–Trinajstić information content (AvgIpc) is 2.52. The van der Waals surface area contributed by atoms with Gasteiger partial charge in [-0.1, -0.05) is 27.2 Å². The van der Waals surface area contributed by atoms with Crippen LogP contribution in [0.5, 0.6) is 0 Å². The second-order valence-electron chi connectivity index (χ2n) is 6.06. The van der Waals surface area contributed by atoms with E-state index >= 15 is 0 Å². The van der Waals surface area contributed by atoms with Gasteiger partial charge < -0.3 is 5.32 Å². The largest absolute Gasteiger partial charge is 0.311 e. The van der Waals surface area contributed by atoms with Crippen molar-refractivity contribution in [2.75, 3.05) is 19.6 Å². The van der Waals surface area contributed by atoms with E-state index in [1.54, 1.807) is 0 Å². The van der Waals surface area contributed by atoms with Gasteiger partial charge in [0.2, 0.25) is 0 Å². The van der Waals surface area contributed by atoms with Gasteiger partial charge >= 0.3 is 0 Å². The summed E-state index contributed by atoms with van der Waals surface area (Å²) >= 11 is 0. The number of pyridine rings is 1. The SMILES string of the molecule is CCC(C)C1CN(CCc2ccncc2)C(CC)CN1. The summed E-state index contributed by atoms with van der Waals surface area (Å²) < 4.78 is 0. The number of aromatic nitrogens is 1. The van der Waals surface area contributed by atoms with E-state index in [4.69, 9.17) is 0 Å². The lowest BCUT2D eigenvalue weighted by Crippen LogP contribution is -2.58. The van der Waals surface area contributed by atoms with Gasteiger partial charge in [0.15, 0.2) is 0 Å². The first-order chi connectivity index (χ1) is 9.74. The summed E-state index contributed by atoms with van der Waals surface area (Å²) in [6.07, 6.45) is 7.41. The zero-order chi connectivity index (χ0) is 14.4. The topological polar surface area (TPSA) is 28.2 Å². The highest BCUT2D eigenvalue weighted by Gasteiger charge is 2.28. The molecule has 0 amide bonds. The molecule has 0 saturated carbocycles. The molecule has 0 aliphatic carbocycles. The molecule has 2 rings (SSSR count). The summed E-state index contributed by atoms with van der Waals surface area (Å²) in [5.74, 6) is 0.760. The summed E-state index contributed by atoms with van der Waals surface area (Å²) in [4.78, 5) is 6.78. The van der Waals surface area contributed by atoms with Crippen molar-refractivity contribution in [3.05, 3.63) is 30.1 Å². The highest BCUT2D eigenvalue weighted by atomic mass is 15.2. The lowest BCUT2D eigenvalue weighted by molar-refractivity contribution is 0.107. The fourth-order valence-electron chi connectivity index (χ4n) is 3.05. The van der Waals surface area contributed by atoms with Crippen LogP contribution in [0.4, 0.5) is 0 Å². The van der Waals surface area contributed by atoms with Crippen LogP contribution in [0.3, 0.4) is 0 Å². The zero-order valence-corrected chi connectivity index (χ0v) is 13.2. The molecule has 0 spiro atoms. The summed E-state index contributed by atoms with van der Waals surface area (Å²) in [6, 6.07) is 5.61. The molecule has 3 heteroatoms. The third kappa shape index (κ3) is 4.03. The van der Waals surface area contributed by atoms with Crippen molar-refractivity contribution in [1.29, 1.82) is 0 Å². The van der Waals surface area contributed by atoms with Crippen LogP contribution in [0.25, 0.3) is 0 Å². The second-order valence-corrected chi connectivity index (χ2v) is 6.06. The fraction of sp³-hybridized carbons (Fsp3) is 0.706. The maximum Gasteiger partial charge on any atom is 0.0270 e. The van der Waals surface area contributed by atoms with E-state index in [2.05, 4.69) is 48.1 Å². The Morgan fingerprint density at radius 2 is 2.10 bits per heavy atom. The molecule has 1 aliphatic rings. The van der Waals surface area contributed by atoms with Crippen LogP contribution in [0.1, 0.15) is 39.2 Å². The molecule has 1 N–H and O–H groups in total. The summed E-state index contributed by atoms with van der Waals surface area (Å²) in [7, 11) is 0. The second kappa shape index (κ2) is 7.75. The van der Waals surface area contributed by atoms with Gasteiger partial charge in [0.1, 0.15) is 0 Å². The summed E-state index contributed by atoms with van der Waals surface area (Å²) in [5.41, 5.74) is 1.40. The minimum atomic E-state index is 0.653. The van der Waals surface area contributed by atoms with E-state index in [-0.39, 0.29) is 0 Å². The maximum absolute atomic E-state index is 4.09. The molecular formula is C17H29N3. The molecule has 3 unspecified atom stereocenters. The van der Waals surface area contributed by atoms with E-state index in [1.165, 1.54) is 24.9 Å². The van der Waals surface area contributed by atoms with Crippen molar-refractivity contribution in [2.24, 2.45) is 5.92 Å². The molecule has 3 nitrogen and oxygen atoms in total. The van der Waals surface area contributed by atoms with Crippen LogP contribution in [-0.4, -0.2) is 41.6 Å². The first kappa shape index (κ1) is 15.5. The Morgan fingerprint density at radius 3 is 2.75 bits per heavy atom.